The molecule has 0 fully saturated rings. The predicted octanol–water partition coefficient (Wildman–Crippen LogP) is 4.16. The van der Waals surface area contributed by atoms with Crippen molar-refractivity contribution in [3.8, 4) is 5.75 Å². The molecule has 0 heterocycles. The van der Waals surface area contributed by atoms with Gasteiger partial charge in [0.2, 0.25) is 0 Å². The number of hydrogen-bond donors (Lipinski definition) is 1. The Morgan fingerprint density at radius 3 is 2.43 bits per heavy atom. The summed E-state index contributed by atoms with van der Waals surface area (Å²) in [4.78, 5) is 0.240. The van der Waals surface area contributed by atoms with Crippen molar-refractivity contribution in [2.75, 3.05) is 0 Å². The van der Waals surface area contributed by atoms with Gasteiger partial charge in [-0.15, -0.1) is 0 Å². The zero-order valence-corrected chi connectivity index (χ0v) is 12.9. The molecule has 2 rings (SSSR count). The van der Waals surface area contributed by atoms with Gasteiger partial charge in [0.1, 0.15) is 23.2 Å². The molecule has 110 valence electrons. The smallest absolute Gasteiger partial charge is 0.123 e. The molecule has 4 heteroatoms. The fraction of sp³-hybridized carbons (Fsp3) is 0.235. The average Bonchev–Trinajstić information content (AvgIpc) is 2.45. The van der Waals surface area contributed by atoms with Gasteiger partial charge in [-0.25, -0.2) is 4.39 Å². The first-order chi connectivity index (χ1) is 9.97. The molecule has 0 amide bonds. The van der Waals surface area contributed by atoms with Crippen molar-refractivity contribution >= 4 is 17.2 Å². The van der Waals surface area contributed by atoms with Crippen LogP contribution >= 0.6 is 12.2 Å². The van der Waals surface area contributed by atoms with Crippen molar-refractivity contribution in [2.45, 2.75) is 26.4 Å². The number of ether oxygens (including phenoxy) is 1. The van der Waals surface area contributed by atoms with Crippen molar-refractivity contribution < 1.29 is 9.13 Å². The molecule has 21 heavy (non-hydrogen) atoms. The van der Waals surface area contributed by atoms with E-state index in [2.05, 4.69) is 13.8 Å². The van der Waals surface area contributed by atoms with Gasteiger partial charge in [-0.05, 0) is 41.8 Å². The Morgan fingerprint density at radius 2 is 1.86 bits per heavy atom. The molecule has 0 aliphatic carbocycles. The van der Waals surface area contributed by atoms with Crippen molar-refractivity contribution in [1.82, 2.24) is 0 Å². The highest BCUT2D eigenvalue weighted by molar-refractivity contribution is 7.80. The third-order valence-corrected chi connectivity index (χ3v) is 3.49. The first-order valence-corrected chi connectivity index (χ1v) is 7.19. The highest BCUT2D eigenvalue weighted by Gasteiger charge is 2.08. The van der Waals surface area contributed by atoms with Crippen LogP contribution in [0, 0.1) is 5.82 Å². The topological polar surface area (TPSA) is 35.2 Å². The Kier molecular flexibility index (Phi) is 4.91. The standard InChI is InChI=1S/C17H18FNOS/c1-11(2)12-3-6-15(7-4-12)20-10-13-9-14(18)5-8-16(13)17(19)21/h3-9,11H,10H2,1-2H3,(H2,19,21). The van der Waals surface area contributed by atoms with Gasteiger partial charge in [0.25, 0.3) is 0 Å². The van der Waals surface area contributed by atoms with Gasteiger partial charge >= 0.3 is 0 Å². The van der Waals surface area contributed by atoms with Crippen LogP contribution in [0.4, 0.5) is 4.39 Å². The van der Waals surface area contributed by atoms with Crippen LogP contribution in [0.3, 0.4) is 0 Å². The monoisotopic (exact) mass is 303 g/mol. The summed E-state index contributed by atoms with van der Waals surface area (Å²) in [7, 11) is 0. The Labute approximate surface area is 129 Å². The maximum Gasteiger partial charge on any atom is 0.123 e. The Bertz CT molecular complexity index is 638. The largest absolute Gasteiger partial charge is 0.489 e. The highest BCUT2D eigenvalue weighted by Crippen LogP contribution is 2.20. The molecular weight excluding hydrogens is 285 g/mol. The van der Waals surface area contributed by atoms with E-state index in [9.17, 15) is 4.39 Å². The molecule has 0 saturated carbocycles. The van der Waals surface area contributed by atoms with Crippen LogP contribution in [0.5, 0.6) is 5.75 Å². The van der Waals surface area contributed by atoms with Crippen LogP contribution in [-0.2, 0) is 6.61 Å². The lowest BCUT2D eigenvalue weighted by molar-refractivity contribution is 0.305. The van der Waals surface area contributed by atoms with E-state index in [1.54, 1.807) is 6.07 Å². The molecule has 0 atom stereocenters. The number of nitrogens with two attached hydrogens (primary N) is 1. The van der Waals surface area contributed by atoms with Crippen LogP contribution in [0.2, 0.25) is 0 Å². The molecule has 2 N–H and O–H groups in total. The molecule has 2 aromatic carbocycles. The molecule has 0 saturated heterocycles. The van der Waals surface area contributed by atoms with E-state index in [0.717, 1.165) is 5.75 Å². The van der Waals surface area contributed by atoms with Crippen molar-refractivity contribution in [2.24, 2.45) is 5.73 Å². The summed E-state index contributed by atoms with van der Waals surface area (Å²) in [5, 5.41) is 0. The lowest BCUT2D eigenvalue weighted by atomic mass is 10.0. The van der Waals surface area contributed by atoms with E-state index in [1.165, 1.54) is 17.7 Å². The number of rotatable bonds is 5. The SMILES string of the molecule is CC(C)c1ccc(OCc2cc(F)ccc2C(N)=S)cc1. The van der Waals surface area contributed by atoms with Crippen LogP contribution in [0.1, 0.15) is 36.5 Å². The van der Waals surface area contributed by atoms with E-state index in [1.807, 2.05) is 24.3 Å². The van der Waals surface area contributed by atoms with Gasteiger partial charge in [0.05, 0.1) is 0 Å². The number of benzene rings is 2. The Morgan fingerprint density at radius 1 is 1.19 bits per heavy atom. The molecule has 0 spiro atoms. The summed E-state index contributed by atoms with van der Waals surface area (Å²) in [6, 6.07) is 12.2. The van der Waals surface area contributed by atoms with E-state index < -0.39 is 0 Å². The average molecular weight is 303 g/mol. The van der Waals surface area contributed by atoms with Gasteiger partial charge < -0.3 is 10.5 Å². The van der Waals surface area contributed by atoms with Gasteiger partial charge in [0.15, 0.2) is 0 Å². The van der Waals surface area contributed by atoms with Crippen LogP contribution in [0.15, 0.2) is 42.5 Å². The van der Waals surface area contributed by atoms with Gasteiger partial charge in [0, 0.05) is 11.1 Å². The first-order valence-electron chi connectivity index (χ1n) is 6.78. The fourth-order valence-corrected chi connectivity index (χ4v) is 2.23. The predicted molar refractivity (Wildman–Crippen MR) is 87.2 cm³/mol. The second-order valence-electron chi connectivity index (χ2n) is 5.18. The fourth-order valence-electron chi connectivity index (χ4n) is 2.03. The molecule has 0 unspecified atom stereocenters. The summed E-state index contributed by atoms with van der Waals surface area (Å²) in [5.41, 5.74) is 8.18. The van der Waals surface area contributed by atoms with Gasteiger partial charge in [-0.2, -0.15) is 0 Å². The minimum absolute atomic E-state index is 0.228. The number of halogens is 1. The summed E-state index contributed by atoms with van der Waals surface area (Å²) in [5.74, 6) is 0.879. The van der Waals surface area contributed by atoms with Crippen LogP contribution in [0.25, 0.3) is 0 Å². The zero-order valence-electron chi connectivity index (χ0n) is 12.1. The first kappa shape index (κ1) is 15.4. The molecule has 2 nitrogen and oxygen atoms in total. The summed E-state index contributed by atoms with van der Waals surface area (Å²) < 4.78 is 19.0. The molecule has 0 aliphatic heterocycles. The normalized spacial score (nSPS) is 10.7. The minimum Gasteiger partial charge on any atom is -0.489 e. The maximum atomic E-state index is 13.3. The molecule has 0 aromatic heterocycles. The Balaban J connectivity index is 2.12. The quantitative estimate of drug-likeness (QED) is 0.842. The lowest BCUT2D eigenvalue weighted by Gasteiger charge is -2.11. The minimum atomic E-state index is -0.330. The van der Waals surface area contributed by atoms with Crippen LogP contribution in [-0.4, -0.2) is 4.99 Å². The molecule has 0 bridgehead atoms. The van der Waals surface area contributed by atoms with Crippen LogP contribution < -0.4 is 10.5 Å². The van der Waals surface area contributed by atoms with Gasteiger partial charge in [-0.1, -0.05) is 38.2 Å². The summed E-state index contributed by atoms with van der Waals surface area (Å²) >= 11 is 4.97. The van der Waals surface area contributed by atoms with E-state index in [0.29, 0.717) is 17.0 Å². The van der Waals surface area contributed by atoms with Crippen molar-refractivity contribution in [3.63, 3.8) is 0 Å². The van der Waals surface area contributed by atoms with Gasteiger partial charge in [-0.3, -0.25) is 0 Å². The number of hydrogen-bond acceptors (Lipinski definition) is 2. The van der Waals surface area contributed by atoms with Crippen molar-refractivity contribution in [1.29, 1.82) is 0 Å². The second kappa shape index (κ2) is 6.68. The van der Waals surface area contributed by atoms with Crippen molar-refractivity contribution in [3.05, 3.63) is 65.0 Å². The molecule has 2 aromatic rings. The lowest BCUT2D eigenvalue weighted by Crippen LogP contribution is -2.13. The molecule has 0 aliphatic rings. The highest BCUT2D eigenvalue weighted by atomic mass is 32.1. The third kappa shape index (κ3) is 4.02. The third-order valence-electron chi connectivity index (χ3n) is 3.27. The molecule has 0 radical (unpaired) electrons. The Hall–Kier alpha value is -1.94. The second-order valence-corrected chi connectivity index (χ2v) is 5.62. The van der Waals surface area contributed by atoms with E-state index in [4.69, 9.17) is 22.7 Å². The van der Waals surface area contributed by atoms with E-state index >= 15 is 0 Å². The summed E-state index contributed by atoms with van der Waals surface area (Å²) in [6.45, 7) is 4.50. The number of thiocarbonyl (C=S) groups is 1. The summed E-state index contributed by atoms with van der Waals surface area (Å²) in [6.07, 6.45) is 0. The molecular formula is C17H18FNOS. The zero-order chi connectivity index (χ0) is 15.4. The maximum absolute atomic E-state index is 13.3. The van der Waals surface area contributed by atoms with E-state index in [-0.39, 0.29) is 17.4 Å².